The fourth-order valence-electron chi connectivity index (χ4n) is 2.88. The average Bonchev–Trinajstić information content (AvgIpc) is 3.05. The first-order chi connectivity index (χ1) is 13.7. The van der Waals surface area contributed by atoms with E-state index in [1.807, 2.05) is 5.38 Å². The lowest BCUT2D eigenvalue weighted by molar-refractivity contribution is -0.124. The van der Waals surface area contributed by atoms with Gasteiger partial charge in [-0.05, 0) is 18.9 Å². The molecule has 0 radical (unpaired) electrons. The summed E-state index contributed by atoms with van der Waals surface area (Å²) in [6.45, 7) is 0.512. The van der Waals surface area contributed by atoms with Crippen molar-refractivity contribution in [1.29, 1.82) is 0 Å². The number of fused-ring (bicyclic) bond motifs is 1. The van der Waals surface area contributed by atoms with Gasteiger partial charge in [-0.25, -0.2) is 4.98 Å². The lowest BCUT2D eigenvalue weighted by atomic mass is 10.1. The molecule has 0 spiro atoms. The van der Waals surface area contributed by atoms with Gasteiger partial charge in [-0.1, -0.05) is 0 Å². The molecule has 4 heterocycles. The van der Waals surface area contributed by atoms with Crippen LogP contribution in [0.1, 0.15) is 29.8 Å². The molecule has 0 atom stereocenters. The van der Waals surface area contributed by atoms with E-state index in [9.17, 15) is 9.59 Å². The Morgan fingerprint density at radius 3 is 2.93 bits per heavy atom. The SMILES string of the molecule is O=C1C/C(=C\c2cnn3c(NC4CC4)nc(NCc4nccs4)nc23)C(=O)N1. The molecule has 5 rings (SSSR count). The Morgan fingerprint density at radius 1 is 1.32 bits per heavy atom. The zero-order valence-corrected chi connectivity index (χ0v) is 15.5. The van der Waals surface area contributed by atoms with Crippen molar-refractivity contribution in [1.82, 2.24) is 29.9 Å². The van der Waals surface area contributed by atoms with Crippen molar-refractivity contribution in [3.63, 3.8) is 0 Å². The van der Waals surface area contributed by atoms with Crippen LogP contribution in [0.4, 0.5) is 11.9 Å². The Balaban J connectivity index is 1.52. The zero-order valence-electron chi connectivity index (χ0n) is 14.7. The van der Waals surface area contributed by atoms with E-state index >= 15 is 0 Å². The molecular formula is C17H16N8O2S. The predicted octanol–water partition coefficient (Wildman–Crippen LogP) is 1.20. The molecule has 0 aromatic carbocycles. The van der Waals surface area contributed by atoms with E-state index in [0.717, 1.165) is 17.8 Å². The van der Waals surface area contributed by atoms with Crippen LogP contribution in [0, 0.1) is 0 Å². The third kappa shape index (κ3) is 3.31. The number of aromatic nitrogens is 5. The van der Waals surface area contributed by atoms with Gasteiger partial charge in [0, 0.05) is 28.8 Å². The summed E-state index contributed by atoms with van der Waals surface area (Å²) in [5.74, 6) is 0.352. The average molecular weight is 396 g/mol. The van der Waals surface area contributed by atoms with E-state index < -0.39 is 0 Å². The fraction of sp³-hybridized carbons (Fsp3) is 0.294. The molecule has 3 aromatic rings. The van der Waals surface area contributed by atoms with Gasteiger partial charge in [-0.3, -0.25) is 14.9 Å². The van der Waals surface area contributed by atoms with Gasteiger partial charge < -0.3 is 10.6 Å². The Morgan fingerprint density at radius 2 is 2.21 bits per heavy atom. The number of rotatable bonds is 6. The van der Waals surface area contributed by atoms with Crippen LogP contribution in [0.3, 0.4) is 0 Å². The van der Waals surface area contributed by atoms with E-state index in [1.165, 1.54) is 0 Å². The number of nitrogens with one attached hydrogen (secondary N) is 3. The minimum Gasteiger partial charge on any atom is -0.351 e. The number of hydrogen-bond acceptors (Lipinski definition) is 9. The maximum Gasteiger partial charge on any atom is 0.254 e. The Labute approximate surface area is 163 Å². The monoisotopic (exact) mass is 396 g/mol. The van der Waals surface area contributed by atoms with Gasteiger partial charge in [-0.2, -0.15) is 19.6 Å². The van der Waals surface area contributed by atoms with Crippen molar-refractivity contribution < 1.29 is 9.59 Å². The highest BCUT2D eigenvalue weighted by Crippen LogP contribution is 2.26. The first-order valence-corrected chi connectivity index (χ1v) is 9.73. The minimum absolute atomic E-state index is 0.0591. The zero-order chi connectivity index (χ0) is 19.1. The molecule has 2 fully saturated rings. The first kappa shape index (κ1) is 16.8. The van der Waals surface area contributed by atoms with Crippen molar-refractivity contribution >= 4 is 46.8 Å². The summed E-state index contributed by atoms with van der Waals surface area (Å²) < 4.78 is 1.62. The lowest BCUT2D eigenvalue weighted by Crippen LogP contribution is -2.19. The highest BCUT2D eigenvalue weighted by molar-refractivity contribution is 7.09. The fourth-order valence-corrected chi connectivity index (χ4v) is 3.44. The number of carbonyl (C=O) groups excluding carboxylic acids is 2. The number of carbonyl (C=O) groups is 2. The molecule has 11 heteroatoms. The smallest absolute Gasteiger partial charge is 0.254 e. The van der Waals surface area contributed by atoms with Crippen molar-refractivity contribution in [3.05, 3.63) is 33.9 Å². The van der Waals surface area contributed by atoms with Crippen molar-refractivity contribution in [2.24, 2.45) is 0 Å². The molecule has 3 N–H and O–H groups in total. The third-order valence-electron chi connectivity index (χ3n) is 4.41. The van der Waals surface area contributed by atoms with Crippen LogP contribution in [0.5, 0.6) is 0 Å². The highest BCUT2D eigenvalue weighted by atomic mass is 32.1. The van der Waals surface area contributed by atoms with Gasteiger partial charge in [-0.15, -0.1) is 11.3 Å². The standard InChI is InChI=1S/C17H16N8O2S/c26-12-6-9(15(27)22-12)5-10-7-20-25-14(10)23-16(19-8-13-18-3-4-28-13)24-17(25)21-11-1-2-11/h3-5,7,11H,1-2,6,8H2,(H,22,26,27)(H2,19,21,23,24)/b9-5+. The number of hydrogen-bond donors (Lipinski definition) is 3. The third-order valence-corrected chi connectivity index (χ3v) is 5.19. The van der Waals surface area contributed by atoms with Gasteiger partial charge >= 0.3 is 0 Å². The number of nitrogens with zero attached hydrogens (tertiary/aromatic N) is 5. The van der Waals surface area contributed by atoms with Crippen LogP contribution >= 0.6 is 11.3 Å². The minimum atomic E-state index is -0.378. The second-order valence-electron chi connectivity index (χ2n) is 6.63. The number of thiazole rings is 1. The van der Waals surface area contributed by atoms with E-state index in [-0.39, 0.29) is 18.2 Å². The van der Waals surface area contributed by atoms with Crippen LogP contribution < -0.4 is 16.0 Å². The lowest BCUT2D eigenvalue weighted by Gasteiger charge is -2.09. The van der Waals surface area contributed by atoms with Crippen molar-refractivity contribution in [2.45, 2.75) is 31.8 Å². The maximum atomic E-state index is 11.9. The van der Waals surface area contributed by atoms with Gasteiger partial charge in [0.05, 0.1) is 19.2 Å². The van der Waals surface area contributed by atoms with Crippen LogP contribution in [-0.4, -0.2) is 42.4 Å². The maximum absolute atomic E-state index is 11.9. The molecule has 0 bridgehead atoms. The molecular weight excluding hydrogens is 380 g/mol. The molecule has 1 aliphatic heterocycles. The molecule has 1 aliphatic carbocycles. The normalized spacial score (nSPS) is 18.1. The Hall–Kier alpha value is -3.34. The number of anilines is 2. The number of amides is 2. The quantitative estimate of drug-likeness (QED) is 0.419. The van der Waals surface area contributed by atoms with E-state index in [1.54, 1.807) is 34.3 Å². The molecule has 0 unspecified atom stereocenters. The summed E-state index contributed by atoms with van der Waals surface area (Å²) in [6.07, 6.45) is 7.27. The Bertz CT molecular complexity index is 1100. The van der Waals surface area contributed by atoms with Gasteiger partial charge in [0.2, 0.25) is 17.8 Å². The molecule has 142 valence electrons. The molecule has 2 aliphatic rings. The number of imide groups is 1. The van der Waals surface area contributed by atoms with Crippen LogP contribution in [-0.2, 0) is 16.1 Å². The van der Waals surface area contributed by atoms with E-state index in [4.69, 9.17) is 0 Å². The van der Waals surface area contributed by atoms with Crippen LogP contribution in [0.15, 0.2) is 23.3 Å². The first-order valence-electron chi connectivity index (χ1n) is 8.85. The molecule has 1 saturated heterocycles. The summed E-state index contributed by atoms with van der Waals surface area (Å²) in [7, 11) is 0. The van der Waals surface area contributed by atoms with Crippen LogP contribution in [0.25, 0.3) is 11.7 Å². The van der Waals surface area contributed by atoms with Gasteiger partial charge in [0.1, 0.15) is 5.01 Å². The summed E-state index contributed by atoms with van der Waals surface area (Å²) in [4.78, 5) is 36.7. The molecule has 1 saturated carbocycles. The second kappa shape index (κ2) is 6.68. The summed E-state index contributed by atoms with van der Waals surface area (Å²) in [6, 6.07) is 0.383. The van der Waals surface area contributed by atoms with Crippen molar-refractivity contribution in [3.8, 4) is 0 Å². The summed E-state index contributed by atoms with van der Waals surface area (Å²) in [5, 5.41) is 16.0. The molecule has 10 nitrogen and oxygen atoms in total. The molecule has 3 aromatic heterocycles. The van der Waals surface area contributed by atoms with Gasteiger partial charge in [0.15, 0.2) is 5.65 Å². The van der Waals surface area contributed by atoms with Gasteiger partial charge in [0.25, 0.3) is 5.91 Å². The topological polar surface area (TPSA) is 126 Å². The largest absolute Gasteiger partial charge is 0.351 e. The highest BCUT2D eigenvalue weighted by Gasteiger charge is 2.26. The van der Waals surface area contributed by atoms with E-state index in [0.29, 0.717) is 41.3 Å². The summed E-state index contributed by atoms with van der Waals surface area (Å²) in [5.41, 5.74) is 1.60. The molecule has 28 heavy (non-hydrogen) atoms. The summed E-state index contributed by atoms with van der Waals surface area (Å²) >= 11 is 1.55. The van der Waals surface area contributed by atoms with Crippen LogP contribution in [0.2, 0.25) is 0 Å². The predicted molar refractivity (Wildman–Crippen MR) is 103 cm³/mol. The Kier molecular flexibility index (Phi) is 4.01. The van der Waals surface area contributed by atoms with E-state index in [2.05, 4.69) is 36.0 Å². The molecule has 2 amide bonds. The second-order valence-corrected chi connectivity index (χ2v) is 7.61. The van der Waals surface area contributed by atoms with Crippen molar-refractivity contribution in [2.75, 3.05) is 10.6 Å².